The van der Waals surface area contributed by atoms with Gasteiger partial charge in [-0.15, -0.1) is 0 Å². The number of hydrogen-bond acceptors (Lipinski definition) is 3. The first-order chi connectivity index (χ1) is 4.22. The van der Waals surface area contributed by atoms with E-state index in [1.54, 1.807) is 13.8 Å². The molecule has 0 spiro atoms. The Morgan fingerprint density at radius 1 is 1.67 bits per heavy atom. The summed E-state index contributed by atoms with van der Waals surface area (Å²) in [5.41, 5.74) is 0. The average Bonchev–Trinajstić information content (AvgIpc) is 1.82. The van der Waals surface area contributed by atoms with E-state index in [0.29, 0.717) is 0 Å². The molecular weight excluding hydrogens is 140 g/mol. The molecule has 0 unspecified atom stereocenters. The van der Waals surface area contributed by atoms with Crippen LogP contribution in [-0.2, 0) is 20.8 Å². The van der Waals surface area contributed by atoms with Gasteiger partial charge in [-0.2, -0.15) is 0 Å². The summed E-state index contributed by atoms with van der Waals surface area (Å²) in [6, 6.07) is 0. The van der Waals surface area contributed by atoms with Crippen molar-refractivity contribution in [2.75, 3.05) is 0 Å². The SMILES string of the molecule is CC(C)C(O[C]=O)=S=O. The average molecular weight is 147 g/mol. The van der Waals surface area contributed by atoms with Gasteiger partial charge in [0, 0.05) is 5.92 Å². The van der Waals surface area contributed by atoms with Gasteiger partial charge < -0.3 is 4.74 Å². The zero-order valence-corrected chi connectivity index (χ0v) is 6.03. The Kier molecular flexibility index (Phi) is 3.96. The van der Waals surface area contributed by atoms with E-state index in [4.69, 9.17) is 0 Å². The van der Waals surface area contributed by atoms with Crippen molar-refractivity contribution >= 4 is 22.8 Å². The van der Waals surface area contributed by atoms with Gasteiger partial charge in [0.15, 0.2) is 0 Å². The number of carbonyl (C=O) groups excluding carboxylic acids is 1. The molecule has 0 atom stereocenters. The van der Waals surface area contributed by atoms with E-state index in [2.05, 4.69) is 4.74 Å². The highest BCUT2D eigenvalue weighted by molar-refractivity contribution is 7.66. The largest absolute Gasteiger partial charge is 0.423 e. The third-order valence-corrected chi connectivity index (χ3v) is 1.41. The Morgan fingerprint density at radius 3 is 2.33 bits per heavy atom. The number of hydrogen-bond donors (Lipinski definition) is 0. The molecule has 9 heavy (non-hydrogen) atoms. The Morgan fingerprint density at radius 2 is 2.22 bits per heavy atom. The van der Waals surface area contributed by atoms with Crippen LogP contribution in [0.15, 0.2) is 0 Å². The van der Waals surface area contributed by atoms with Crippen LogP contribution in [0.25, 0.3) is 0 Å². The third kappa shape index (κ3) is 3.03. The minimum Gasteiger partial charge on any atom is -0.408 e. The molecular formula is C5H7O3S. The van der Waals surface area contributed by atoms with E-state index in [0.717, 1.165) is 0 Å². The van der Waals surface area contributed by atoms with Gasteiger partial charge in [0.2, 0.25) is 5.05 Å². The van der Waals surface area contributed by atoms with Crippen LogP contribution in [0, 0.1) is 5.92 Å². The molecule has 0 saturated carbocycles. The lowest BCUT2D eigenvalue weighted by atomic mass is 10.2. The van der Waals surface area contributed by atoms with Crippen LogP contribution >= 0.6 is 0 Å². The van der Waals surface area contributed by atoms with Crippen LogP contribution in [-0.4, -0.2) is 15.7 Å². The summed E-state index contributed by atoms with van der Waals surface area (Å²) in [7, 11) is 0. The summed E-state index contributed by atoms with van der Waals surface area (Å²) < 4.78 is 14.3. The third-order valence-electron chi connectivity index (χ3n) is 0.696. The van der Waals surface area contributed by atoms with E-state index >= 15 is 0 Å². The van der Waals surface area contributed by atoms with Gasteiger partial charge in [0.05, 0.1) is 0 Å². The number of rotatable bonds is 2. The first-order valence-corrected chi connectivity index (χ1v) is 3.17. The van der Waals surface area contributed by atoms with E-state index in [-0.39, 0.29) is 22.2 Å². The molecule has 0 rings (SSSR count). The smallest absolute Gasteiger partial charge is 0.408 e. The minimum absolute atomic E-state index is 0.0334. The van der Waals surface area contributed by atoms with Gasteiger partial charge in [-0.05, 0) is 0 Å². The van der Waals surface area contributed by atoms with Crippen molar-refractivity contribution in [2.45, 2.75) is 13.8 Å². The van der Waals surface area contributed by atoms with Crippen molar-refractivity contribution in [3.8, 4) is 0 Å². The molecule has 0 saturated heterocycles. The molecule has 0 aliphatic heterocycles. The molecule has 0 aromatic rings. The Bertz CT molecular complexity index is 146. The summed E-state index contributed by atoms with van der Waals surface area (Å²) in [6.45, 7) is 4.72. The first-order valence-electron chi connectivity index (χ1n) is 2.43. The maximum atomic E-state index is 10.0. The fourth-order valence-electron chi connectivity index (χ4n) is 0.272. The Hall–Kier alpha value is -0.640. The summed E-state index contributed by atoms with van der Waals surface area (Å²) in [6.07, 6.45) is 0. The van der Waals surface area contributed by atoms with Crippen molar-refractivity contribution in [1.29, 1.82) is 0 Å². The van der Waals surface area contributed by atoms with Crippen LogP contribution in [0.5, 0.6) is 0 Å². The first kappa shape index (κ1) is 8.36. The highest BCUT2D eigenvalue weighted by atomic mass is 32.1. The molecule has 0 heterocycles. The lowest BCUT2D eigenvalue weighted by Gasteiger charge is -1.99. The zero-order valence-electron chi connectivity index (χ0n) is 5.21. The maximum Gasteiger partial charge on any atom is 0.423 e. The van der Waals surface area contributed by atoms with Crippen molar-refractivity contribution in [3.05, 3.63) is 0 Å². The predicted octanol–water partition coefficient (Wildman–Crippen LogP) is 0.0691. The second kappa shape index (κ2) is 4.26. The van der Waals surface area contributed by atoms with Gasteiger partial charge in [0.25, 0.3) is 0 Å². The molecule has 0 aliphatic carbocycles. The molecule has 0 aromatic carbocycles. The van der Waals surface area contributed by atoms with E-state index in [1.165, 1.54) is 6.47 Å². The monoisotopic (exact) mass is 147 g/mol. The van der Waals surface area contributed by atoms with Crippen molar-refractivity contribution in [2.24, 2.45) is 5.92 Å². The normalized spacial score (nSPS) is 8.78. The lowest BCUT2D eigenvalue weighted by molar-refractivity contribution is 0.427. The number of ether oxygens (including phenoxy) is 1. The second-order valence-corrected chi connectivity index (χ2v) is 2.31. The molecule has 4 heteroatoms. The van der Waals surface area contributed by atoms with Gasteiger partial charge in [0.1, 0.15) is 11.3 Å². The Labute approximate surface area is 57.1 Å². The molecule has 51 valence electrons. The molecule has 3 nitrogen and oxygen atoms in total. The fourth-order valence-corrected chi connectivity index (χ4v) is 0.533. The quantitative estimate of drug-likeness (QED) is 0.519. The van der Waals surface area contributed by atoms with Gasteiger partial charge >= 0.3 is 6.47 Å². The molecule has 0 N–H and O–H groups in total. The summed E-state index contributed by atoms with van der Waals surface area (Å²) in [4.78, 5) is 9.56. The molecule has 0 aliphatic rings. The zero-order chi connectivity index (χ0) is 7.28. The molecule has 1 radical (unpaired) electrons. The van der Waals surface area contributed by atoms with E-state index < -0.39 is 0 Å². The van der Waals surface area contributed by atoms with E-state index in [9.17, 15) is 9.00 Å². The molecule has 0 bridgehead atoms. The maximum absolute atomic E-state index is 10.0. The Balaban J connectivity index is 4.01. The molecule has 0 fully saturated rings. The van der Waals surface area contributed by atoms with Crippen LogP contribution in [0.3, 0.4) is 0 Å². The second-order valence-electron chi connectivity index (χ2n) is 1.74. The summed E-state index contributed by atoms with van der Waals surface area (Å²) >= 11 is 0.185. The van der Waals surface area contributed by atoms with Crippen LogP contribution < -0.4 is 0 Å². The fraction of sp³-hybridized carbons (Fsp3) is 0.600. The topological polar surface area (TPSA) is 43.4 Å². The highest BCUT2D eigenvalue weighted by Gasteiger charge is 2.04. The van der Waals surface area contributed by atoms with Crippen LogP contribution in [0.4, 0.5) is 0 Å². The van der Waals surface area contributed by atoms with Crippen molar-refractivity contribution < 1.29 is 13.7 Å². The highest BCUT2D eigenvalue weighted by Crippen LogP contribution is 1.93. The van der Waals surface area contributed by atoms with Crippen molar-refractivity contribution in [3.63, 3.8) is 0 Å². The van der Waals surface area contributed by atoms with Gasteiger partial charge in [-0.3, -0.25) is 0 Å². The molecule has 0 aromatic heterocycles. The predicted molar refractivity (Wildman–Crippen MR) is 34.8 cm³/mol. The van der Waals surface area contributed by atoms with E-state index in [1.807, 2.05) is 0 Å². The summed E-state index contributed by atoms with van der Waals surface area (Å²) in [5.74, 6) is -0.0334. The van der Waals surface area contributed by atoms with Gasteiger partial charge in [-0.1, -0.05) is 13.8 Å². The standard InChI is InChI=1S/C5H7O3S/c1-4(2)5(9-7)8-3-6/h4H,1-2H3. The van der Waals surface area contributed by atoms with Crippen LogP contribution in [0.1, 0.15) is 13.8 Å². The lowest BCUT2D eigenvalue weighted by Crippen LogP contribution is -2.10. The van der Waals surface area contributed by atoms with Gasteiger partial charge in [-0.25, -0.2) is 9.00 Å². The molecule has 0 amide bonds. The van der Waals surface area contributed by atoms with Crippen LogP contribution in [0.2, 0.25) is 0 Å². The summed E-state index contributed by atoms with van der Waals surface area (Å²) in [5, 5.41) is 0.157. The van der Waals surface area contributed by atoms with Crippen molar-refractivity contribution in [1.82, 2.24) is 0 Å². The minimum atomic E-state index is -0.0334.